The van der Waals surface area contributed by atoms with Gasteiger partial charge in [-0.2, -0.15) is 0 Å². The fourth-order valence-corrected chi connectivity index (χ4v) is 2.59. The highest BCUT2D eigenvalue weighted by Gasteiger charge is 2.32. The third kappa shape index (κ3) is 3.05. The second kappa shape index (κ2) is 6.04. The van der Waals surface area contributed by atoms with Crippen LogP contribution in [0.25, 0.3) is 0 Å². The molecule has 2 N–H and O–H groups in total. The van der Waals surface area contributed by atoms with E-state index in [-0.39, 0.29) is 0 Å². The van der Waals surface area contributed by atoms with Crippen LogP contribution in [0, 0.1) is 0 Å². The first kappa shape index (κ1) is 13.8. The predicted octanol–water partition coefficient (Wildman–Crippen LogP) is 1.28. The first-order valence-corrected chi connectivity index (χ1v) is 6.41. The molecule has 5 heteroatoms. The van der Waals surface area contributed by atoms with Crippen molar-refractivity contribution < 1.29 is 19.7 Å². The van der Waals surface area contributed by atoms with Gasteiger partial charge in [-0.1, -0.05) is 18.2 Å². The third-order valence-electron chi connectivity index (χ3n) is 3.55. The zero-order valence-corrected chi connectivity index (χ0v) is 11.0. The molecule has 1 saturated heterocycles. The number of β-amino-alcohol motifs (C(OH)–C–C–N with tert-alkyl or cyclic N) is 1. The quantitative estimate of drug-likeness (QED) is 0.839. The summed E-state index contributed by atoms with van der Waals surface area (Å²) in [6.07, 6.45) is 0.764. The van der Waals surface area contributed by atoms with Crippen LogP contribution in [0.3, 0.4) is 0 Å². The van der Waals surface area contributed by atoms with Gasteiger partial charge in [-0.15, -0.1) is 0 Å². The minimum atomic E-state index is -0.815. The summed E-state index contributed by atoms with van der Waals surface area (Å²) in [6.45, 7) is 1.03. The maximum absolute atomic E-state index is 11.1. The van der Waals surface area contributed by atoms with Crippen LogP contribution in [0.15, 0.2) is 24.3 Å². The number of aliphatic hydroxyl groups is 1. The fourth-order valence-electron chi connectivity index (χ4n) is 2.59. The lowest BCUT2D eigenvalue weighted by atomic mass is 10.1. The number of hydrogen-bond acceptors (Lipinski definition) is 4. The van der Waals surface area contributed by atoms with E-state index < -0.39 is 18.1 Å². The molecule has 1 aromatic rings. The highest BCUT2D eigenvalue weighted by atomic mass is 16.5. The largest absolute Gasteiger partial charge is 0.496 e. The number of rotatable bonds is 5. The molecule has 0 aliphatic carbocycles. The standard InChI is InChI=1S/C14H19NO4/c1-19-13-7-3-2-5-10(13)12(16)9-15-8-4-6-11(15)14(17)18/h2-3,5,7,11-12,16H,4,6,8-9H2,1H3,(H,17,18). The van der Waals surface area contributed by atoms with Crippen molar-refractivity contribution in [3.05, 3.63) is 29.8 Å². The van der Waals surface area contributed by atoms with E-state index in [1.54, 1.807) is 19.2 Å². The summed E-state index contributed by atoms with van der Waals surface area (Å²) in [5.74, 6) is -0.189. The van der Waals surface area contributed by atoms with Crippen LogP contribution in [0.5, 0.6) is 5.75 Å². The smallest absolute Gasteiger partial charge is 0.320 e. The van der Waals surface area contributed by atoms with Crippen molar-refractivity contribution in [1.82, 2.24) is 4.90 Å². The third-order valence-corrected chi connectivity index (χ3v) is 3.55. The van der Waals surface area contributed by atoms with Crippen LogP contribution < -0.4 is 4.74 Å². The minimum Gasteiger partial charge on any atom is -0.496 e. The molecule has 104 valence electrons. The first-order valence-electron chi connectivity index (χ1n) is 6.41. The van der Waals surface area contributed by atoms with E-state index in [1.807, 2.05) is 17.0 Å². The van der Waals surface area contributed by atoms with Crippen molar-refractivity contribution in [2.75, 3.05) is 20.2 Å². The molecule has 0 aromatic heterocycles. The SMILES string of the molecule is COc1ccccc1C(O)CN1CCCC1C(=O)O. The van der Waals surface area contributed by atoms with Gasteiger partial charge in [0.1, 0.15) is 11.8 Å². The maximum Gasteiger partial charge on any atom is 0.320 e. The Bertz CT molecular complexity index is 449. The number of carbonyl (C=O) groups is 1. The zero-order chi connectivity index (χ0) is 13.8. The average Bonchev–Trinajstić information content (AvgIpc) is 2.87. The van der Waals surface area contributed by atoms with Crippen molar-refractivity contribution in [3.8, 4) is 5.75 Å². The van der Waals surface area contributed by atoms with Crippen LogP contribution >= 0.6 is 0 Å². The van der Waals surface area contributed by atoms with E-state index in [4.69, 9.17) is 9.84 Å². The number of ether oxygens (including phenoxy) is 1. The summed E-state index contributed by atoms with van der Waals surface area (Å²) in [4.78, 5) is 12.9. The molecule has 1 aromatic carbocycles. The van der Waals surface area contributed by atoms with Crippen molar-refractivity contribution >= 4 is 5.97 Å². The Hall–Kier alpha value is -1.59. The lowest BCUT2D eigenvalue weighted by Crippen LogP contribution is -2.38. The number of aliphatic hydroxyl groups excluding tert-OH is 1. The van der Waals surface area contributed by atoms with Crippen molar-refractivity contribution in [1.29, 1.82) is 0 Å². The number of para-hydroxylation sites is 1. The van der Waals surface area contributed by atoms with Crippen LogP contribution in [-0.4, -0.2) is 47.3 Å². The summed E-state index contributed by atoms with van der Waals surface area (Å²) in [5, 5.41) is 19.4. The van der Waals surface area contributed by atoms with E-state index in [0.717, 1.165) is 6.42 Å². The van der Waals surface area contributed by atoms with Crippen molar-refractivity contribution in [3.63, 3.8) is 0 Å². The summed E-state index contributed by atoms with van der Waals surface area (Å²) in [7, 11) is 1.56. The molecule has 1 aliphatic heterocycles. The Morgan fingerprint density at radius 3 is 2.95 bits per heavy atom. The molecule has 1 aliphatic rings. The van der Waals surface area contributed by atoms with E-state index in [1.165, 1.54) is 0 Å². The fraction of sp³-hybridized carbons (Fsp3) is 0.500. The lowest BCUT2D eigenvalue weighted by Gasteiger charge is -2.24. The molecule has 0 radical (unpaired) electrons. The molecule has 2 atom stereocenters. The Morgan fingerprint density at radius 2 is 2.26 bits per heavy atom. The number of benzene rings is 1. The Balaban J connectivity index is 2.08. The van der Waals surface area contributed by atoms with Crippen LogP contribution in [0.1, 0.15) is 24.5 Å². The molecule has 0 spiro atoms. The topological polar surface area (TPSA) is 70.0 Å². The lowest BCUT2D eigenvalue weighted by molar-refractivity contribution is -0.142. The molecule has 5 nitrogen and oxygen atoms in total. The van der Waals surface area contributed by atoms with Gasteiger partial charge in [-0.25, -0.2) is 0 Å². The predicted molar refractivity (Wildman–Crippen MR) is 70.2 cm³/mol. The molecule has 1 heterocycles. The number of methoxy groups -OCH3 is 1. The van der Waals surface area contributed by atoms with Gasteiger partial charge in [0.05, 0.1) is 13.2 Å². The van der Waals surface area contributed by atoms with Gasteiger partial charge >= 0.3 is 5.97 Å². The highest BCUT2D eigenvalue weighted by Crippen LogP contribution is 2.27. The Labute approximate surface area is 112 Å². The number of likely N-dealkylation sites (tertiary alicyclic amines) is 1. The minimum absolute atomic E-state index is 0.317. The van der Waals surface area contributed by atoms with Crippen LogP contribution in [-0.2, 0) is 4.79 Å². The normalized spacial score (nSPS) is 21.3. The molecule has 2 rings (SSSR count). The van der Waals surface area contributed by atoms with Gasteiger partial charge in [0.15, 0.2) is 0 Å². The van der Waals surface area contributed by atoms with Crippen LogP contribution in [0.2, 0.25) is 0 Å². The second-order valence-corrected chi connectivity index (χ2v) is 4.75. The number of carboxylic acid groups (broad SMARTS) is 1. The molecular weight excluding hydrogens is 246 g/mol. The van der Waals surface area contributed by atoms with E-state index in [0.29, 0.717) is 30.8 Å². The van der Waals surface area contributed by atoms with Gasteiger partial charge in [0.2, 0.25) is 0 Å². The van der Waals surface area contributed by atoms with Gasteiger partial charge in [-0.05, 0) is 25.5 Å². The van der Waals surface area contributed by atoms with E-state index in [2.05, 4.69) is 0 Å². The molecular formula is C14H19NO4. The number of aliphatic carboxylic acids is 1. The number of hydrogen-bond donors (Lipinski definition) is 2. The van der Waals surface area contributed by atoms with Crippen molar-refractivity contribution in [2.45, 2.75) is 25.0 Å². The molecule has 0 amide bonds. The second-order valence-electron chi connectivity index (χ2n) is 4.75. The van der Waals surface area contributed by atoms with Gasteiger partial charge in [0.25, 0.3) is 0 Å². The summed E-state index contributed by atoms with van der Waals surface area (Å²) < 4.78 is 5.21. The molecule has 0 saturated carbocycles. The molecule has 1 fully saturated rings. The molecule has 0 bridgehead atoms. The Morgan fingerprint density at radius 1 is 1.53 bits per heavy atom. The van der Waals surface area contributed by atoms with Gasteiger partial charge in [-0.3, -0.25) is 9.69 Å². The van der Waals surface area contributed by atoms with Gasteiger partial charge in [0, 0.05) is 12.1 Å². The average molecular weight is 265 g/mol. The molecule has 19 heavy (non-hydrogen) atoms. The first-order chi connectivity index (χ1) is 9.13. The molecule has 2 unspecified atom stereocenters. The zero-order valence-electron chi connectivity index (χ0n) is 11.0. The summed E-state index contributed by atoms with van der Waals surface area (Å²) in [6, 6.07) is 6.78. The number of nitrogens with zero attached hydrogens (tertiary/aromatic N) is 1. The summed E-state index contributed by atoms with van der Waals surface area (Å²) >= 11 is 0. The monoisotopic (exact) mass is 265 g/mol. The Kier molecular flexibility index (Phi) is 4.39. The van der Waals surface area contributed by atoms with E-state index in [9.17, 15) is 9.90 Å². The maximum atomic E-state index is 11.1. The van der Waals surface area contributed by atoms with Crippen LogP contribution in [0.4, 0.5) is 0 Å². The van der Waals surface area contributed by atoms with E-state index >= 15 is 0 Å². The highest BCUT2D eigenvalue weighted by molar-refractivity contribution is 5.73. The van der Waals surface area contributed by atoms with Crippen molar-refractivity contribution in [2.24, 2.45) is 0 Å². The van der Waals surface area contributed by atoms with Gasteiger partial charge < -0.3 is 14.9 Å². The summed E-state index contributed by atoms with van der Waals surface area (Å²) in [5.41, 5.74) is 0.695. The number of carboxylic acids is 1.